The summed E-state index contributed by atoms with van der Waals surface area (Å²) in [4.78, 5) is 12.0. The van der Waals surface area contributed by atoms with Crippen LogP contribution in [0.15, 0.2) is 10.8 Å². The molecule has 0 bridgehead atoms. The van der Waals surface area contributed by atoms with Gasteiger partial charge in [0.15, 0.2) is 0 Å². The fourth-order valence-corrected chi connectivity index (χ4v) is 3.30. The number of rotatable bonds is 4. The maximum atomic E-state index is 12.0. The molecule has 0 unspecified atom stereocenters. The van der Waals surface area contributed by atoms with Gasteiger partial charge in [-0.3, -0.25) is 4.79 Å². The summed E-state index contributed by atoms with van der Waals surface area (Å²) in [6.45, 7) is 2.72. The van der Waals surface area contributed by atoms with Gasteiger partial charge in [0.2, 0.25) is 0 Å². The Kier molecular flexibility index (Phi) is 3.84. The van der Waals surface area contributed by atoms with Crippen LogP contribution in [0.4, 0.5) is 0 Å². The Bertz CT molecular complexity index is 394. The molecule has 0 aromatic carbocycles. The van der Waals surface area contributed by atoms with Crippen molar-refractivity contribution >= 4 is 17.2 Å². The van der Waals surface area contributed by atoms with Crippen LogP contribution >= 0.6 is 11.3 Å². The largest absolute Gasteiger partial charge is 0.396 e. The van der Waals surface area contributed by atoms with Gasteiger partial charge in [-0.15, -0.1) is 0 Å². The van der Waals surface area contributed by atoms with Crippen LogP contribution in [-0.4, -0.2) is 24.2 Å². The summed E-state index contributed by atoms with van der Waals surface area (Å²) in [7, 11) is 0. The molecule has 3 nitrogen and oxygen atoms in total. The van der Waals surface area contributed by atoms with Crippen molar-refractivity contribution in [3.8, 4) is 0 Å². The van der Waals surface area contributed by atoms with Crippen LogP contribution < -0.4 is 5.32 Å². The Balaban J connectivity index is 1.94. The molecule has 1 amide bonds. The number of nitrogens with one attached hydrogen (secondary N) is 1. The van der Waals surface area contributed by atoms with E-state index in [-0.39, 0.29) is 17.9 Å². The number of carbonyl (C=O) groups excluding carboxylic acids is 1. The van der Waals surface area contributed by atoms with Crippen LogP contribution in [0.1, 0.15) is 41.6 Å². The van der Waals surface area contributed by atoms with E-state index in [1.54, 1.807) is 11.3 Å². The second kappa shape index (κ2) is 5.19. The molecule has 0 radical (unpaired) electrons. The Morgan fingerprint density at radius 2 is 2.18 bits per heavy atom. The first-order valence-corrected chi connectivity index (χ1v) is 7.03. The summed E-state index contributed by atoms with van der Waals surface area (Å²) in [5.74, 6) is -0.0107. The van der Waals surface area contributed by atoms with E-state index in [1.807, 2.05) is 17.7 Å². The monoisotopic (exact) mass is 253 g/mol. The second-order valence-corrected chi connectivity index (χ2v) is 5.76. The van der Waals surface area contributed by atoms with Crippen molar-refractivity contribution in [3.63, 3.8) is 0 Å². The van der Waals surface area contributed by atoms with Crippen molar-refractivity contribution in [1.29, 1.82) is 0 Å². The molecular formula is C13H19NO2S. The number of hydrogen-bond acceptors (Lipinski definition) is 3. The summed E-state index contributed by atoms with van der Waals surface area (Å²) in [6, 6.07) is 0. The van der Waals surface area contributed by atoms with Gasteiger partial charge in [-0.25, -0.2) is 0 Å². The molecule has 0 aliphatic heterocycles. The highest BCUT2D eigenvalue weighted by atomic mass is 32.1. The average molecular weight is 253 g/mol. The van der Waals surface area contributed by atoms with Crippen molar-refractivity contribution in [1.82, 2.24) is 5.32 Å². The molecule has 94 valence electrons. The van der Waals surface area contributed by atoms with Crippen LogP contribution in [0, 0.1) is 12.3 Å². The highest BCUT2D eigenvalue weighted by Gasteiger charge is 2.33. The first-order chi connectivity index (χ1) is 8.17. The smallest absolute Gasteiger partial charge is 0.252 e. The minimum atomic E-state index is -0.0699. The van der Waals surface area contributed by atoms with E-state index in [4.69, 9.17) is 0 Å². The summed E-state index contributed by atoms with van der Waals surface area (Å²) in [5, 5.41) is 16.3. The molecule has 2 rings (SSSR count). The molecule has 1 aromatic rings. The van der Waals surface area contributed by atoms with E-state index in [0.717, 1.165) is 36.8 Å². The molecule has 4 heteroatoms. The number of aliphatic hydroxyl groups is 1. The fourth-order valence-electron chi connectivity index (χ4n) is 2.47. The first-order valence-electron chi connectivity index (χ1n) is 6.09. The predicted molar refractivity (Wildman–Crippen MR) is 69.4 cm³/mol. The summed E-state index contributed by atoms with van der Waals surface area (Å²) < 4.78 is 0. The Morgan fingerprint density at radius 3 is 2.71 bits per heavy atom. The van der Waals surface area contributed by atoms with Gasteiger partial charge >= 0.3 is 0 Å². The molecule has 1 saturated carbocycles. The maximum absolute atomic E-state index is 12.0. The van der Waals surface area contributed by atoms with Gasteiger partial charge in [0.25, 0.3) is 5.91 Å². The van der Waals surface area contributed by atoms with Gasteiger partial charge in [0.05, 0.1) is 12.2 Å². The van der Waals surface area contributed by atoms with Crippen molar-refractivity contribution in [3.05, 3.63) is 21.9 Å². The summed E-state index contributed by atoms with van der Waals surface area (Å²) >= 11 is 1.55. The quantitative estimate of drug-likeness (QED) is 0.865. The SMILES string of the molecule is Cc1cscc1C(=O)NCC1(CO)CCCC1. The van der Waals surface area contributed by atoms with E-state index in [1.165, 1.54) is 0 Å². The fraction of sp³-hybridized carbons (Fsp3) is 0.615. The number of thiophene rings is 1. The number of hydrogen-bond donors (Lipinski definition) is 2. The summed E-state index contributed by atoms with van der Waals surface area (Å²) in [6.07, 6.45) is 4.36. The van der Waals surface area contributed by atoms with E-state index >= 15 is 0 Å². The number of aliphatic hydroxyl groups excluding tert-OH is 1. The molecule has 1 heterocycles. The lowest BCUT2D eigenvalue weighted by molar-refractivity contribution is 0.0880. The molecular weight excluding hydrogens is 234 g/mol. The molecule has 1 fully saturated rings. The lowest BCUT2D eigenvalue weighted by Gasteiger charge is -2.26. The zero-order valence-electron chi connectivity index (χ0n) is 10.2. The van der Waals surface area contributed by atoms with E-state index in [9.17, 15) is 9.90 Å². The predicted octanol–water partition coefficient (Wildman–Crippen LogP) is 2.34. The average Bonchev–Trinajstić information content (AvgIpc) is 2.95. The standard InChI is InChI=1S/C13H19NO2S/c1-10-6-17-7-11(10)12(16)14-8-13(9-15)4-2-3-5-13/h6-7,15H,2-5,8-9H2,1H3,(H,14,16). The van der Waals surface area contributed by atoms with Crippen LogP contribution in [0.3, 0.4) is 0 Å². The van der Waals surface area contributed by atoms with E-state index < -0.39 is 0 Å². The van der Waals surface area contributed by atoms with Crippen molar-refractivity contribution in [2.24, 2.45) is 5.41 Å². The molecule has 0 spiro atoms. The molecule has 0 atom stereocenters. The number of aryl methyl sites for hydroxylation is 1. The van der Waals surface area contributed by atoms with Crippen LogP contribution in [-0.2, 0) is 0 Å². The van der Waals surface area contributed by atoms with Gasteiger partial charge in [0, 0.05) is 17.3 Å². The lowest BCUT2D eigenvalue weighted by atomic mass is 9.87. The third-order valence-electron chi connectivity index (χ3n) is 3.72. The van der Waals surface area contributed by atoms with Crippen LogP contribution in [0.5, 0.6) is 0 Å². The van der Waals surface area contributed by atoms with E-state index in [0.29, 0.717) is 6.54 Å². The van der Waals surface area contributed by atoms with Gasteiger partial charge in [-0.05, 0) is 30.7 Å². The molecule has 1 aromatic heterocycles. The number of amides is 1. The normalized spacial score (nSPS) is 18.2. The molecule has 0 saturated heterocycles. The first kappa shape index (κ1) is 12.6. The highest BCUT2D eigenvalue weighted by molar-refractivity contribution is 7.08. The van der Waals surface area contributed by atoms with Crippen LogP contribution in [0.2, 0.25) is 0 Å². The molecule has 1 aliphatic carbocycles. The van der Waals surface area contributed by atoms with Crippen LogP contribution in [0.25, 0.3) is 0 Å². The number of carbonyl (C=O) groups is 1. The summed E-state index contributed by atoms with van der Waals surface area (Å²) in [5.41, 5.74) is 1.72. The molecule has 2 N–H and O–H groups in total. The van der Waals surface area contributed by atoms with Crippen molar-refractivity contribution in [2.45, 2.75) is 32.6 Å². The minimum absolute atomic E-state index is 0.0107. The lowest BCUT2D eigenvalue weighted by Crippen LogP contribution is -2.38. The third kappa shape index (κ3) is 2.69. The minimum Gasteiger partial charge on any atom is -0.396 e. The highest BCUT2D eigenvalue weighted by Crippen LogP contribution is 2.36. The van der Waals surface area contributed by atoms with Crippen molar-refractivity contribution < 1.29 is 9.90 Å². The zero-order chi connectivity index (χ0) is 12.3. The van der Waals surface area contributed by atoms with Gasteiger partial charge in [-0.2, -0.15) is 11.3 Å². The Morgan fingerprint density at radius 1 is 1.47 bits per heavy atom. The Labute approximate surface area is 106 Å². The van der Waals surface area contributed by atoms with Gasteiger partial charge in [-0.1, -0.05) is 12.8 Å². The topological polar surface area (TPSA) is 49.3 Å². The molecule has 1 aliphatic rings. The van der Waals surface area contributed by atoms with Gasteiger partial charge < -0.3 is 10.4 Å². The van der Waals surface area contributed by atoms with E-state index in [2.05, 4.69) is 5.32 Å². The van der Waals surface area contributed by atoms with Gasteiger partial charge in [0.1, 0.15) is 0 Å². The Hall–Kier alpha value is -0.870. The second-order valence-electron chi connectivity index (χ2n) is 5.02. The molecule has 17 heavy (non-hydrogen) atoms. The maximum Gasteiger partial charge on any atom is 0.252 e. The zero-order valence-corrected chi connectivity index (χ0v) is 11.0. The van der Waals surface area contributed by atoms with Crippen molar-refractivity contribution in [2.75, 3.05) is 13.2 Å². The third-order valence-corrected chi connectivity index (χ3v) is 4.59.